The second-order valence-corrected chi connectivity index (χ2v) is 8.39. The summed E-state index contributed by atoms with van der Waals surface area (Å²) >= 11 is 3.44. The van der Waals surface area contributed by atoms with E-state index < -0.39 is 28.8 Å². The SMILES string of the molecule is CC(O)(CN1CCc2cc(Br)ccc2C1)C(=O)Nc1ccc(C#N)c(C(F)(F)F)c1. The second kappa shape index (κ2) is 8.38. The molecule has 0 radical (unpaired) electrons. The van der Waals surface area contributed by atoms with Crippen molar-refractivity contribution in [3.05, 3.63) is 63.1 Å². The van der Waals surface area contributed by atoms with Gasteiger partial charge in [0, 0.05) is 29.8 Å². The Labute approximate surface area is 180 Å². The number of hydrogen-bond acceptors (Lipinski definition) is 4. The van der Waals surface area contributed by atoms with Crippen LogP contribution in [0.5, 0.6) is 0 Å². The van der Waals surface area contributed by atoms with Crippen molar-refractivity contribution in [1.82, 2.24) is 4.90 Å². The quantitative estimate of drug-likeness (QED) is 0.689. The van der Waals surface area contributed by atoms with Crippen LogP contribution in [-0.4, -0.2) is 34.6 Å². The molecule has 0 saturated carbocycles. The van der Waals surface area contributed by atoms with Crippen LogP contribution >= 0.6 is 15.9 Å². The fourth-order valence-corrected chi connectivity index (χ4v) is 3.85. The Bertz CT molecular complexity index is 1020. The van der Waals surface area contributed by atoms with Gasteiger partial charge in [-0.15, -0.1) is 0 Å². The van der Waals surface area contributed by atoms with Crippen LogP contribution in [0.25, 0.3) is 0 Å². The van der Waals surface area contributed by atoms with Gasteiger partial charge in [0.05, 0.1) is 17.2 Å². The number of alkyl halides is 3. The van der Waals surface area contributed by atoms with Crippen LogP contribution in [0, 0.1) is 11.3 Å². The molecule has 9 heteroatoms. The van der Waals surface area contributed by atoms with Crippen molar-refractivity contribution in [3.8, 4) is 6.07 Å². The van der Waals surface area contributed by atoms with Gasteiger partial charge in [-0.1, -0.05) is 22.0 Å². The Hall–Kier alpha value is -2.41. The number of rotatable bonds is 4. The van der Waals surface area contributed by atoms with Crippen molar-refractivity contribution in [2.24, 2.45) is 0 Å². The van der Waals surface area contributed by atoms with Gasteiger partial charge in [0.1, 0.15) is 0 Å². The van der Waals surface area contributed by atoms with Crippen LogP contribution in [0.15, 0.2) is 40.9 Å². The minimum atomic E-state index is -4.73. The van der Waals surface area contributed by atoms with E-state index in [1.807, 2.05) is 23.1 Å². The number of fused-ring (bicyclic) bond motifs is 1. The zero-order chi connectivity index (χ0) is 22.1. The molecule has 1 unspecified atom stereocenters. The lowest BCUT2D eigenvalue weighted by Crippen LogP contribution is -2.50. The summed E-state index contributed by atoms with van der Waals surface area (Å²) in [5, 5.41) is 21.9. The number of β-amino-alcohol motifs (C(OH)–C–C–N with tert-alkyl or cyclic N) is 1. The highest BCUT2D eigenvalue weighted by atomic mass is 79.9. The average molecular weight is 482 g/mol. The fourth-order valence-electron chi connectivity index (χ4n) is 3.44. The highest BCUT2D eigenvalue weighted by Crippen LogP contribution is 2.33. The van der Waals surface area contributed by atoms with E-state index in [2.05, 4.69) is 21.2 Å². The maximum Gasteiger partial charge on any atom is 0.417 e. The Morgan fingerprint density at radius 2 is 2.00 bits per heavy atom. The monoisotopic (exact) mass is 481 g/mol. The number of nitriles is 1. The summed E-state index contributed by atoms with van der Waals surface area (Å²) in [7, 11) is 0. The van der Waals surface area contributed by atoms with Gasteiger partial charge in [-0.2, -0.15) is 18.4 Å². The molecule has 0 aliphatic carbocycles. The molecule has 1 atom stereocenters. The summed E-state index contributed by atoms with van der Waals surface area (Å²) < 4.78 is 40.3. The highest BCUT2D eigenvalue weighted by molar-refractivity contribution is 9.10. The summed E-state index contributed by atoms with van der Waals surface area (Å²) in [4.78, 5) is 14.5. The van der Waals surface area contributed by atoms with Crippen LogP contribution in [0.2, 0.25) is 0 Å². The minimum Gasteiger partial charge on any atom is -0.379 e. The molecule has 30 heavy (non-hydrogen) atoms. The first-order valence-corrected chi connectivity index (χ1v) is 9.94. The summed E-state index contributed by atoms with van der Waals surface area (Å²) in [5.74, 6) is -0.818. The van der Waals surface area contributed by atoms with Gasteiger partial charge < -0.3 is 10.4 Å². The predicted molar refractivity (Wildman–Crippen MR) is 109 cm³/mol. The maximum atomic E-state index is 13.1. The number of anilines is 1. The number of carbonyl (C=O) groups excluding carboxylic acids is 1. The molecule has 1 aliphatic heterocycles. The largest absolute Gasteiger partial charge is 0.417 e. The third kappa shape index (κ3) is 5.01. The molecule has 1 heterocycles. The van der Waals surface area contributed by atoms with E-state index in [1.54, 1.807) is 0 Å². The summed E-state index contributed by atoms with van der Waals surface area (Å²) in [6.45, 7) is 2.55. The standard InChI is InChI=1S/C21H19BrF3N3O2/c1-20(30,12-28-7-6-13-8-16(22)4-2-15(13)11-28)19(29)27-17-5-3-14(10-26)18(9-17)21(23,24)25/h2-5,8-9,30H,6-7,11-12H2,1H3,(H,27,29). The van der Waals surface area contributed by atoms with Crippen molar-refractivity contribution < 1.29 is 23.1 Å². The van der Waals surface area contributed by atoms with Crippen LogP contribution in [0.4, 0.5) is 18.9 Å². The molecule has 0 saturated heterocycles. The van der Waals surface area contributed by atoms with Gasteiger partial charge in [0.15, 0.2) is 5.60 Å². The van der Waals surface area contributed by atoms with Gasteiger partial charge in [0.25, 0.3) is 5.91 Å². The van der Waals surface area contributed by atoms with Crippen molar-refractivity contribution in [3.63, 3.8) is 0 Å². The van der Waals surface area contributed by atoms with Crippen LogP contribution in [0.1, 0.15) is 29.2 Å². The number of hydrogen-bond donors (Lipinski definition) is 2. The number of carbonyl (C=O) groups is 1. The third-order valence-corrected chi connectivity index (χ3v) is 5.48. The first-order chi connectivity index (χ1) is 14.0. The number of halogens is 4. The molecule has 5 nitrogen and oxygen atoms in total. The van der Waals surface area contributed by atoms with Gasteiger partial charge in [-0.05, 0) is 54.8 Å². The van der Waals surface area contributed by atoms with E-state index in [-0.39, 0.29) is 12.2 Å². The van der Waals surface area contributed by atoms with E-state index in [1.165, 1.54) is 24.6 Å². The molecule has 0 fully saturated rings. The molecule has 2 aromatic rings. The summed E-state index contributed by atoms with van der Waals surface area (Å²) in [6.07, 6.45) is -3.97. The first-order valence-electron chi connectivity index (χ1n) is 9.14. The first kappa shape index (κ1) is 22.3. The molecular weight excluding hydrogens is 463 g/mol. The van der Waals surface area contributed by atoms with E-state index in [9.17, 15) is 23.1 Å². The lowest BCUT2D eigenvalue weighted by Gasteiger charge is -2.34. The van der Waals surface area contributed by atoms with Crippen molar-refractivity contribution in [2.45, 2.75) is 31.7 Å². The Morgan fingerprint density at radius 1 is 1.27 bits per heavy atom. The third-order valence-electron chi connectivity index (χ3n) is 4.98. The molecule has 0 bridgehead atoms. The number of aliphatic hydroxyl groups is 1. The Balaban J connectivity index is 1.71. The molecule has 3 rings (SSSR count). The van der Waals surface area contributed by atoms with E-state index in [4.69, 9.17) is 5.26 Å². The molecule has 2 aromatic carbocycles. The Morgan fingerprint density at radius 3 is 2.67 bits per heavy atom. The average Bonchev–Trinajstić information content (AvgIpc) is 2.67. The van der Waals surface area contributed by atoms with E-state index in [0.29, 0.717) is 19.2 Å². The molecule has 0 spiro atoms. The van der Waals surface area contributed by atoms with Gasteiger partial charge in [-0.25, -0.2) is 0 Å². The summed E-state index contributed by atoms with van der Waals surface area (Å²) in [5.41, 5.74) is -1.34. The zero-order valence-electron chi connectivity index (χ0n) is 16.1. The molecule has 0 aromatic heterocycles. The predicted octanol–water partition coefficient (Wildman–Crippen LogP) is 4.09. The lowest BCUT2D eigenvalue weighted by atomic mass is 9.97. The fraction of sp³-hybridized carbons (Fsp3) is 0.333. The van der Waals surface area contributed by atoms with Gasteiger partial charge >= 0.3 is 6.18 Å². The number of amides is 1. The lowest BCUT2D eigenvalue weighted by molar-refractivity contribution is -0.138. The van der Waals surface area contributed by atoms with E-state index in [0.717, 1.165) is 22.5 Å². The van der Waals surface area contributed by atoms with Gasteiger partial charge in [0.2, 0.25) is 0 Å². The number of nitrogens with zero attached hydrogens (tertiary/aromatic N) is 2. The van der Waals surface area contributed by atoms with Crippen LogP contribution in [0.3, 0.4) is 0 Å². The molecule has 1 aliphatic rings. The van der Waals surface area contributed by atoms with Crippen molar-refractivity contribution >= 4 is 27.5 Å². The van der Waals surface area contributed by atoms with Crippen molar-refractivity contribution in [1.29, 1.82) is 5.26 Å². The maximum absolute atomic E-state index is 13.1. The van der Waals surface area contributed by atoms with Crippen LogP contribution in [-0.2, 0) is 23.9 Å². The number of benzene rings is 2. The van der Waals surface area contributed by atoms with Gasteiger partial charge in [-0.3, -0.25) is 9.69 Å². The molecule has 1 amide bonds. The number of nitrogens with one attached hydrogen (secondary N) is 1. The topological polar surface area (TPSA) is 76.4 Å². The van der Waals surface area contributed by atoms with Crippen molar-refractivity contribution in [2.75, 3.05) is 18.4 Å². The summed E-state index contributed by atoms with van der Waals surface area (Å²) in [6, 6.07) is 10.3. The normalized spacial score (nSPS) is 16.3. The Kier molecular flexibility index (Phi) is 6.22. The second-order valence-electron chi connectivity index (χ2n) is 7.47. The highest BCUT2D eigenvalue weighted by Gasteiger charge is 2.36. The smallest absolute Gasteiger partial charge is 0.379 e. The molecular formula is C21H19BrF3N3O2. The molecule has 2 N–H and O–H groups in total. The van der Waals surface area contributed by atoms with E-state index >= 15 is 0 Å². The zero-order valence-corrected chi connectivity index (χ0v) is 17.6. The van der Waals surface area contributed by atoms with Crippen LogP contribution < -0.4 is 5.32 Å². The minimum absolute atomic E-state index is 0.0245. The molecule has 158 valence electrons.